The number of hydrogen-bond acceptors (Lipinski definition) is 36. The van der Waals surface area contributed by atoms with Crippen molar-refractivity contribution in [2.45, 2.75) is 259 Å². The summed E-state index contributed by atoms with van der Waals surface area (Å²) in [7, 11) is 0. The van der Waals surface area contributed by atoms with E-state index >= 15 is 0 Å². The number of aromatic nitrogens is 9. The first kappa shape index (κ1) is 114. The molecular formula is C85H135F5N16O30. The topological polar surface area (TPSA) is 615 Å². The van der Waals surface area contributed by atoms with E-state index in [1.54, 1.807) is 18.6 Å². The number of esters is 1. The summed E-state index contributed by atoms with van der Waals surface area (Å²) >= 11 is 0. The van der Waals surface area contributed by atoms with Crippen LogP contribution in [0.25, 0.3) is 0 Å². The van der Waals surface area contributed by atoms with Crippen molar-refractivity contribution in [1.29, 1.82) is 0 Å². The standard InChI is InChI=1S/C85H135F5N16O30/c1-53(110)94-75-59(133-62(50-107)78(118)81(75)121)44-56-47-104(101-98-56)23-29-127-35-41-130-38-32-124-26-20-91-65(113)14-17-85(97-68(116)12-10-8-6-4-5-7-9-11-13-69(117)136-84-73(89)71(87)70(86)72(88)74(84)90,18-15-66(114)92-21-27-125-33-39-131-42-36-128-30-24-105-48-57(99-102-105)45-60-76(95-54(2)111)82(122)79(119)63(51-108)134-60)19-16-67(115)93-22-28-126-34-40-132-43-37-129-31-25-106-49-58(100-103-106)46-61-77(96-55(3)112)83(123)80(120)64(52-109)135-61/h47-49,59-64,75-83,107-109,118-123H,4-46,50-52H2,1-3H3,(H,91,113)(H,92,114)(H,93,115)(H,94,110)(H,95,111)(H,96,112)(H,97,116)/t59-,60-,61-,62+,63+,64+,75-,76-,77-,78-,79-,80-,81+,82+,83+/m0/s1. The predicted molar refractivity (Wildman–Crippen MR) is 460 cm³/mol. The van der Waals surface area contributed by atoms with E-state index in [1.165, 1.54) is 34.8 Å². The second-order valence-electron chi connectivity index (χ2n) is 32.9. The van der Waals surface area contributed by atoms with Crippen LogP contribution in [0.3, 0.4) is 0 Å². The number of nitrogens with one attached hydrogen (secondary N) is 7. The Labute approximate surface area is 782 Å². The van der Waals surface area contributed by atoms with Crippen LogP contribution in [0.15, 0.2) is 18.6 Å². The van der Waals surface area contributed by atoms with Gasteiger partial charge in [-0.05, 0) is 32.1 Å². The molecule has 1 aromatic carbocycles. The third-order valence-electron chi connectivity index (χ3n) is 22.3. The lowest BCUT2D eigenvalue weighted by molar-refractivity contribution is -0.194. The monoisotopic (exact) mass is 1950 g/mol. The molecule has 3 aliphatic rings. The molecule has 0 bridgehead atoms. The van der Waals surface area contributed by atoms with Crippen LogP contribution in [-0.4, -0.2) is 394 Å². The number of carbonyl (C=O) groups excluding carboxylic acids is 8. The fourth-order valence-electron chi connectivity index (χ4n) is 15.2. The minimum atomic E-state index is -2.39. The first-order valence-corrected chi connectivity index (χ1v) is 45.8. The Bertz CT molecular complexity index is 3850. The van der Waals surface area contributed by atoms with Gasteiger partial charge in [0.1, 0.15) is 54.9 Å². The molecule has 0 radical (unpaired) electrons. The quantitative estimate of drug-likeness (QED) is 0.00506. The Kier molecular flexibility index (Phi) is 52.9. The number of amides is 7. The molecule has 46 nitrogen and oxygen atoms in total. The molecule has 6 heterocycles. The van der Waals surface area contributed by atoms with Gasteiger partial charge in [0, 0.05) is 116 Å². The zero-order valence-corrected chi connectivity index (χ0v) is 76.9. The molecule has 3 fully saturated rings. The zero-order valence-electron chi connectivity index (χ0n) is 76.9. The Hall–Kier alpha value is -8.79. The Morgan fingerprint density at radius 1 is 0.353 bits per heavy atom. The largest absolute Gasteiger partial charge is 0.420 e. The maximum absolute atomic E-state index is 14.2. The molecule has 0 unspecified atom stereocenters. The minimum Gasteiger partial charge on any atom is -0.420 e. The summed E-state index contributed by atoms with van der Waals surface area (Å²) in [6.07, 6.45) is -5.27. The fraction of sp³-hybridized carbons (Fsp3) is 0.765. The molecule has 15 atom stereocenters. The van der Waals surface area contributed by atoms with Crippen molar-refractivity contribution in [3.63, 3.8) is 0 Å². The SMILES string of the molecule is CC(=O)N[C@@H]1[C@@H](O)[C@@H](O)[C@@H](CO)O[C@H]1Cc1cn(CCOCCOCCOCCNC(=O)CCC(CCC(=O)NCCOCCOCCOCCn2cc(C[C@@H]3O[C@H](CO)[C@H](O)[C@H](O)[C@H]3NC(C)=O)nn2)(CCC(=O)NCCOCCOCCOCCn2cc(C[C@@H]3O[C@H](CO)[C@H](O)[C@H](O)[C@H]3NC(C)=O)nn2)NC(=O)CCCCCCCCCCC(=O)Oc2c(F)c(F)c(F)c(F)c2F)nn1. The van der Waals surface area contributed by atoms with Gasteiger partial charge in [0.15, 0.2) is 0 Å². The highest BCUT2D eigenvalue weighted by Crippen LogP contribution is 2.32. The van der Waals surface area contributed by atoms with Gasteiger partial charge in [0.05, 0.1) is 212 Å². The number of hydrogen-bond donors (Lipinski definition) is 16. The number of rotatable bonds is 70. The number of aliphatic hydroxyl groups excluding tert-OH is 9. The van der Waals surface area contributed by atoms with Gasteiger partial charge in [-0.3, -0.25) is 38.4 Å². The predicted octanol–water partition coefficient (Wildman–Crippen LogP) is -3.66. The number of carbonyl (C=O) groups is 8. The minimum absolute atomic E-state index is 0.00558. The molecule has 0 spiro atoms. The molecule has 770 valence electrons. The van der Waals surface area contributed by atoms with Crippen LogP contribution in [0.5, 0.6) is 5.75 Å². The van der Waals surface area contributed by atoms with Gasteiger partial charge in [-0.25, -0.2) is 27.2 Å². The highest BCUT2D eigenvalue weighted by molar-refractivity contribution is 5.80. The second kappa shape index (κ2) is 63.0. The van der Waals surface area contributed by atoms with Crippen molar-refractivity contribution in [3.05, 3.63) is 64.8 Å². The molecule has 3 saturated heterocycles. The van der Waals surface area contributed by atoms with Crippen molar-refractivity contribution in [3.8, 4) is 5.75 Å². The Balaban J connectivity index is 0.856. The molecule has 3 aliphatic heterocycles. The van der Waals surface area contributed by atoms with E-state index in [1.807, 2.05) is 0 Å². The van der Waals surface area contributed by atoms with Crippen molar-refractivity contribution < 1.29 is 168 Å². The Morgan fingerprint density at radius 2 is 0.625 bits per heavy atom. The van der Waals surface area contributed by atoms with Crippen LogP contribution in [0.4, 0.5) is 22.0 Å². The van der Waals surface area contributed by atoms with E-state index < -0.39 is 199 Å². The molecule has 0 saturated carbocycles. The summed E-state index contributed by atoms with van der Waals surface area (Å²) in [6, 6.07) is -2.91. The third kappa shape index (κ3) is 40.9. The normalized spacial score (nSPS) is 21.8. The first-order chi connectivity index (χ1) is 65.4. The van der Waals surface area contributed by atoms with Crippen LogP contribution in [0, 0.1) is 29.1 Å². The second-order valence-corrected chi connectivity index (χ2v) is 32.9. The molecule has 16 N–H and O–H groups in total. The first-order valence-electron chi connectivity index (χ1n) is 45.8. The maximum atomic E-state index is 14.2. The van der Waals surface area contributed by atoms with Gasteiger partial charge in [-0.1, -0.05) is 54.2 Å². The number of ether oxygens (including phenoxy) is 13. The van der Waals surface area contributed by atoms with Gasteiger partial charge < -0.3 is 145 Å². The van der Waals surface area contributed by atoms with E-state index in [-0.39, 0.29) is 216 Å². The highest BCUT2D eigenvalue weighted by atomic mass is 19.2. The average molecular weight is 1960 g/mol. The van der Waals surface area contributed by atoms with Crippen molar-refractivity contribution in [1.82, 2.24) is 82.2 Å². The third-order valence-corrected chi connectivity index (χ3v) is 22.3. The van der Waals surface area contributed by atoms with E-state index in [2.05, 4.69) is 72.9 Å². The van der Waals surface area contributed by atoms with Gasteiger partial charge in [0.2, 0.25) is 76.2 Å². The van der Waals surface area contributed by atoms with E-state index in [4.69, 9.17) is 56.8 Å². The van der Waals surface area contributed by atoms with Gasteiger partial charge in [-0.15, -0.1) is 15.3 Å². The van der Waals surface area contributed by atoms with Gasteiger partial charge >= 0.3 is 5.97 Å². The Morgan fingerprint density at radius 3 is 0.919 bits per heavy atom. The van der Waals surface area contributed by atoms with Gasteiger partial charge in [0.25, 0.3) is 0 Å². The molecule has 0 aliphatic carbocycles. The maximum Gasteiger partial charge on any atom is 0.311 e. The van der Waals surface area contributed by atoms with E-state index in [0.29, 0.717) is 81.7 Å². The lowest BCUT2D eigenvalue weighted by atomic mass is 9.82. The molecule has 136 heavy (non-hydrogen) atoms. The molecule has 7 rings (SSSR count). The number of halogens is 5. The number of nitrogens with zero attached hydrogens (tertiary/aromatic N) is 9. The molecule has 7 amide bonds. The van der Waals surface area contributed by atoms with Crippen LogP contribution in [-0.2, 0) is 134 Å². The fourth-order valence-corrected chi connectivity index (χ4v) is 15.2. The van der Waals surface area contributed by atoms with E-state index in [0.717, 1.165) is 0 Å². The average Bonchev–Trinajstić information content (AvgIpc) is 0.997. The lowest BCUT2D eigenvalue weighted by Crippen LogP contribution is -2.64. The van der Waals surface area contributed by atoms with Crippen LogP contribution < -0.4 is 42.0 Å². The molecule has 4 aromatic rings. The number of benzene rings is 1. The van der Waals surface area contributed by atoms with E-state index in [9.17, 15) is 106 Å². The summed E-state index contributed by atoms with van der Waals surface area (Å²) in [5.41, 5.74) is 0.106. The van der Waals surface area contributed by atoms with Crippen molar-refractivity contribution in [2.24, 2.45) is 0 Å². The molecule has 51 heteroatoms. The van der Waals surface area contributed by atoms with Crippen molar-refractivity contribution >= 4 is 47.3 Å². The number of unbranched alkanes of at least 4 members (excludes halogenated alkanes) is 7. The smallest absolute Gasteiger partial charge is 0.311 e. The zero-order chi connectivity index (χ0) is 98.7. The summed E-state index contributed by atoms with van der Waals surface area (Å²) in [5.74, 6) is -17.3. The van der Waals surface area contributed by atoms with Crippen LogP contribution in [0.2, 0.25) is 0 Å². The van der Waals surface area contributed by atoms with Crippen LogP contribution in [0.1, 0.15) is 141 Å². The lowest BCUT2D eigenvalue weighted by Gasteiger charge is -2.42. The molecular weight excluding hydrogens is 1820 g/mol. The summed E-state index contributed by atoms with van der Waals surface area (Å²) < 4.78 is 147. The summed E-state index contributed by atoms with van der Waals surface area (Å²) in [6.45, 7) is 6.81. The molecule has 3 aromatic heterocycles. The summed E-state index contributed by atoms with van der Waals surface area (Å²) in [5, 5.41) is 136. The van der Waals surface area contributed by atoms with Crippen LogP contribution >= 0.6 is 0 Å². The summed E-state index contributed by atoms with van der Waals surface area (Å²) in [4.78, 5) is 103. The highest BCUT2D eigenvalue weighted by Gasteiger charge is 2.48. The van der Waals surface area contributed by atoms with Crippen molar-refractivity contribution in [2.75, 3.05) is 158 Å². The van der Waals surface area contributed by atoms with Gasteiger partial charge in [-0.2, -0.15) is 8.78 Å². The number of aliphatic hydroxyl groups is 9.